The van der Waals surface area contributed by atoms with Crippen molar-refractivity contribution in [2.24, 2.45) is 0 Å². The van der Waals surface area contributed by atoms with E-state index >= 15 is 0 Å². The van der Waals surface area contributed by atoms with Gasteiger partial charge >= 0.3 is 10.1 Å². The van der Waals surface area contributed by atoms with Crippen LogP contribution in [-0.2, 0) is 10.1 Å². The second kappa shape index (κ2) is 6.71. The maximum atomic E-state index is 12.6. The minimum absolute atomic E-state index is 0.00202. The molecule has 0 saturated carbocycles. The zero-order valence-electron chi connectivity index (χ0n) is 13.2. The monoisotopic (exact) mass is 351 g/mol. The maximum Gasteiger partial charge on any atom is 0.339 e. The van der Waals surface area contributed by atoms with E-state index in [4.69, 9.17) is 4.18 Å². The standard InChI is InChI=1S/C18H13N3O3S/c1-13-5-7-14(8-6-13)25(22,23)24-18-15(9-11-21-17(18)12-19)16-4-2-3-10-20-16/h2-11H,1H3. The normalized spacial score (nSPS) is 10.9. The molecule has 3 rings (SSSR count). The van der Waals surface area contributed by atoms with Crippen LogP contribution in [0.1, 0.15) is 11.3 Å². The van der Waals surface area contributed by atoms with Gasteiger partial charge in [0.15, 0.2) is 11.4 Å². The van der Waals surface area contributed by atoms with Crippen LogP contribution in [0, 0.1) is 18.3 Å². The van der Waals surface area contributed by atoms with Gasteiger partial charge in [-0.15, -0.1) is 0 Å². The van der Waals surface area contributed by atoms with E-state index in [9.17, 15) is 13.7 Å². The summed E-state index contributed by atoms with van der Waals surface area (Å²) >= 11 is 0. The number of pyridine rings is 2. The molecular formula is C18H13N3O3S. The van der Waals surface area contributed by atoms with E-state index in [0.717, 1.165) is 5.56 Å². The molecule has 2 heterocycles. The number of aryl methyl sites for hydroxylation is 1. The van der Waals surface area contributed by atoms with Crippen molar-refractivity contribution < 1.29 is 12.6 Å². The number of benzene rings is 1. The molecule has 0 aliphatic carbocycles. The van der Waals surface area contributed by atoms with E-state index in [-0.39, 0.29) is 16.3 Å². The molecule has 25 heavy (non-hydrogen) atoms. The summed E-state index contributed by atoms with van der Waals surface area (Å²) in [6.07, 6.45) is 2.98. The Morgan fingerprint density at radius 1 is 1.00 bits per heavy atom. The van der Waals surface area contributed by atoms with Gasteiger partial charge in [0.05, 0.1) is 5.69 Å². The molecule has 0 amide bonds. The number of nitriles is 1. The fourth-order valence-corrected chi connectivity index (χ4v) is 3.15. The molecule has 1 aromatic carbocycles. The van der Waals surface area contributed by atoms with Crippen LogP contribution in [0.15, 0.2) is 65.8 Å². The fraction of sp³-hybridized carbons (Fsp3) is 0.0556. The molecule has 0 spiro atoms. The van der Waals surface area contributed by atoms with Gasteiger partial charge in [0.25, 0.3) is 0 Å². The molecule has 0 radical (unpaired) electrons. The Labute approximate surface area is 145 Å². The first-order chi connectivity index (χ1) is 12.0. The van der Waals surface area contributed by atoms with Crippen molar-refractivity contribution in [1.29, 1.82) is 5.26 Å². The van der Waals surface area contributed by atoms with Crippen LogP contribution in [0.3, 0.4) is 0 Å². The third-order valence-corrected chi connectivity index (χ3v) is 4.69. The number of nitrogens with zero attached hydrogens (tertiary/aromatic N) is 3. The van der Waals surface area contributed by atoms with E-state index < -0.39 is 10.1 Å². The number of hydrogen-bond donors (Lipinski definition) is 0. The van der Waals surface area contributed by atoms with Crippen LogP contribution >= 0.6 is 0 Å². The van der Waals surface area contributed by atoms with Crippen LogP contribution in [0.2, 0.25) is 0 Å². The highest BCUT2D eigenvalue weighted by atomic mass is 32.2. The van der Waals surface area contributed by atoms with Gasteiger partial charge in [0, 0.05) is 18.0 Å². The number of rotatable bonds is 4. The zero-order valence-corrected chi connectivity index (χ0v) is 14.1. The van der Waals surface area contributed by atoms with Gasteiger partial charge in [-0.05, 0) is 37.3 Å². The third-order valence-electron chi connectivity index (χ3n) is 3.45. The summed E-state index contributed by atoms with van der Waals surface area (Å²) in [5.74, 6) is -0.135. The van der Waals surface area contributed by atoms with Crippen LogP contribution in [0.25, 0.3) is 11.3 Å². The van der Waals surface area contributed by atoms with Gasteiger partial charge < -0.3 is 4.18 Å². The molecule has 0 unspecified atom stereocenters. The van der Waals surface area contributed by atoms with Crippen molar-refractivity contribution >= 4 is 10.1 Å². The van der Waals surface area contributed by atoms with E-state index in [1.165, 1.54) is 18.3 Å². The van der Waals surface area contributed by atoms with Crippen molar-refractivity contribution in [2.75, 3.05) is 0 Å². The molecule has 2 aromatic heterocycles. The fourth-order valence-electron chi connectivity index (χ4n) is 2.20. The molecule has 0 atom stereocenters. The van der Waals surface area contributed by atoms with E-state index in [2.05, 4.69) is 9.97 Å². The minimum Gasteiger partial charge on any atom is -0.375 e. The molecule has 0 saturated heterocycles. The minimum atomic E-state index is -4.11. The quantitative estimate of drug-likeness (QED) is 0.671. The summed E-state index contributed by atoms with van der Waals surface area (Å²) in [6.45, 7) is 1.85. The lowest BCUT2D eigenvalue weighted by Crippen LogP contribution is -2.12. The first-order valence-electron chi connectivity index (χ1n) is 7.33. The summed E-state index contributed by atoms with van der Waals surface area (Å²) in [5, 5.41) is 9.29. The second-order valence-corrected chi connectivity index (χ2v) is 6.76. The van der Waals surface area contributed by atoms with E-state index in [0.29, 0.717) is 11.3 Å². The highest BCUT2D eigenvalue weighted by Gasteiger charge is 2.23. The van der Waals surface area contributed by atoms with Crippen LogP contribution in [-0.4, -0.2) is 18.4 Å². The van der Waals surface area contributed by atoms with Gasteiger partial charge in [-0.1, -0.05) is 23.8 Å². The Kier molecular flexibility index (Phi) is 4.46. The average Bonchev–Trinajstić information content (AvgIpc) is 2.62. The van der Waals surface area contributed by atoms with Crippen LogP contribution < -0.4 is 4.18 Å². The predicted molar refractivity (Wildman–Crippen MR) is 91.2 cm³/mol. The topological polar surface area (TPSA) is 92.9 Å². The summed E-state index contributed by atoms with van der Waals surface area (Å²) in [4.78, 5) is 8.08. The predicted octanol–water partition coefficient (Wildman–Crippen LogP) is 3.09. The maximum absolute atomic E-state index is 12.6. The first kappa shape index (κ1) is 16.6. The molecule has 0 fully saturated rings. The molecule has 7 heteroatoms. The molecule has 0 N–H and O–H groups in total. The highest BCUT2D eigenvalue weighted by Crippen LogP contribution is 2.32. The first-order valence-corrected chi connectivity index (χ1v) is 8.74. The van der Waals surface area contributed by atoms with Crippen molar-refractivity contribution in [2.45, 2.75) is 11.8 Å². The largest absolute Gasteiger partial charge is 0.375 e. The van der Waals surface area contributed by atoms with E-state index in [1.54, 1.807) is 42.6 Å². The average molecular weight is 351 g/mol. The number of hydrogen-bond acceptors (Lipinski definition) is 6. The molecular weight excluding hydrogens is 338 g/mol. The zero-order chi connectivity index (χ0) is 17.9. The molecule has 6 nitrogen and oxygen atoms in total. The van der Waals surface area contributed by atoms with Gasteiger partial charge in [-0.25, -0.2) is 4.98 Å². The molecule has 124 valence electrons. The Morgan fingerprint density at radius 2 is 1.76 bits per heavy atom. The SMILES string of the molecule is Cc1ccc(S(=O)(=O)Oc2c(-c3ccccn3)ccnc2C#N)cc1. The molecule has 3 aromatic rings. The van der Waals surface area contributed by atoms with Gasteiger partial charge in [-0.3, -0.25) is 4.98 Å². The van der Waals surface area contributed by atoms with E-state index in [1.807, 2.05) is 13.0 Å². The van der Waals surface area contributed by atoms with Gasteiger partial charge in [-0.2, -0.15) is 13.7 Å². The Bertz CT molecular complexity index is 1040. The smallest absolute Gasteiger partial charge is 0.339 e. The van der Waals surface area contributed by atoms with Crippen molar-refractivity contribution in [3.8, 4) is 23.1 Å². The Hall–Kier alpha value is -3.24. The lowest BCUT2D eigenvalue weighted by Gasteiger charge is -2.12. The number of aromatic nitrogens is 2. The summed E-state index contributed by atoms with van der Waals surface area (Å²) in [6, 6.07) is 14.9. The highest BCUT2D eigenvalue weighted by molar-refractivity contribution is 7.87. The summed E-state index contributed by atoms with van der Waals surface area (Å²) in [7, 11) is -4.11. The van der Waals surface area contributed by atoms with Crippen LogP contribution in [0.4, 0.5) is 0 Å². The van der Waals surface area contributed by atoms with Crippen molar-refractivity contribution in [1.82, 2.24) is 9.97 Å². The Morgan fingerprint density at radius 3 is 2.40 bits per heavy atom. The summed E-state index contributed by atoms with van der Waals surface area (Å²) < 4.78 is 30.5. The lowest BCUT2D eigenvalue weighted by atomic mass is 10.1. The lowest BCUT2D eigenvalue weighted by molar-refractivity contribution is 0.484. The third kappa shape index (κ3) is 3.49. The Balaban J connectivity index is 2.11. The summed E-state index contributed by atoms with van der Waals surface area (Å²) in [5.41, 5.74) is 1.66. The van der Waals surface area contributed by atoms with Crippen molar-refractivity contribution in [3.05, 3.63) is 72.2 Å². The second-order valence-electron chi connectivity index (χ2n) is 5.21. The van der Waals surface area contributed by atoms with Gasteiger partial charge in [0.2, 0.25) is 0 Å². The van der Waals surface area contributed by atoms with Gasteiger partial charge in [0.1, 0.15) is 11.0 Å². The van der Waals surface area contributed by atoms with Crippen molar-refractivity contribution in [3.63, 3.8) is 0 Å². The molecule has 0 bridgehead atoms. The molecule has 0 aliphatic rings. The molecule has 0 aliphatic heterocycles. The van der Waals surface area contributed by atoms with Crippen LogP contribution in [0.5, 0.6) is 5.75 Å².